The lowest BCUT2D eigenvalue weighted by Gasteiger charge is -2.07. The maximum atomic E-state index is 12.2. The highest BCUT2D eigenvalue weighted by molar-refractivity contribution is 5.88. The van der Waals surface area contributed by atoms with Crippen molar-refractivity contribution in [3.8, 4) is 0 Å². The Labute approximate surface area is 135 Å². The molecule has 1 heterocycles. The van der Waals surface area contributed by atoms with Gasteiger partial charge in [-0.1, -0.05) is 49.4 Å². The summed E-state index contributed by atoms with van der Waals surface area (Å²) in [5.74, 6) is -0.258. The van der Waals surface area contributed by atoms with Crippen molar-refractivity contribution in [1.29, 1.82) is 0 Å². The predicted molar refractivity (Wildman–Crippen MR) is 88.9 cm³/mol. The lowest BCUT2D eigenvalue weighted by atomic mass is 10.1. The molecule has 4 nitrogen and oxygen atoms in total. The van der Waals surface area contributed by atoms with Gasteiger partial charge in [0.2, 0.25) is 0 Å². The van der Waals surface area contributed by atoms with Gasteiger partial charge in [-0.3, -0.25) is 0 Å². The number of ether oxygens (including phenoxy) is 1. The molecule has 0 aromatic heterocycles. The van der Waals surface area contributed by atoms with Gasteiger partial charge in [0.1, 0.15) is 6.61 Å². The molecule has 1 aliphatic rings. The molecule has 2 bridgehead atoms. The average molecular weight is 306 g/mol. The Morgan fingerprint density at radius 3 is 2.74 bits per heavy atom. The lowest BCUT2D eigenvalue weighted by Crippen LogP contribution is -2.08. The molecular formula is C19H18N2O2. The van der Waals surface area contributed by atoms with Gasteiger partial charge < -0.3 is 4.74 Å². The monoisotopic (exact) mass is 306 g/mol. The first-order valence-corrected chi connectivity index (χ1v) is 7.71. The number of esters is 1. The quantitative estimate of drug-likeness (QED) is 0.473. The van der Waals surface area contributed by atoms with Gasteiger partial charge in [-0.25, -0.2) is 4.79 Å². The van der Waals surface area contributed by atoms with Crippen LogP contribution < -0.4 is 0 Å². The summed E-state index contributed by atoms with van der Waals surface area (Å²) in [6.07, 6.45) is 3.22. The summed E-state index contributed by atoms with van der Waals surface area (Å²) in [6, 6.07) is 15.6. The first-order chi connectivity index (χ1) is 11.3. The molecule has 2 aromatic carbocycles. The van der Waals surface area contributed by atoms with E-state index in [4.69, 9.17) is 4.74 Å². The molecule has 0 aliphatic carbocycles. The fourth-order valence-electron chi connectivity index (χ4n) is 2.41. The Morgan fingerprint density at radius 2 is 1.96 bits per heavy atom. The summed E-state index contributed by atoms with van der Waals surface area (Å²) in [7, 11) is 0. The number of hydrogen-bond acceptors (Lipinski definition) is 4. The molecule has 1 aliphatic heterocycles. The highest BCUT2D eigenvalue weighted by atomic mass is 16.5. The van der Waals surface area contributed by atoms with Crippen LogP contribution in [0.4, 0.5) is 11.4 Å². The van der Waals surface area contributed by atoms with E-state index in [0.717, 1.165) is 22.5 Å². The summed E-state index contributed by atoms with van der Waals surface area (Å²) >= 11 is 0. The molecule has 0 saturated heterocycles. The van der Waals surface area contributed by atoms with Gasteiger partial charge in [0.15, 0.2) is 0 Å². The largest absolute Gasteiger partial charge is 0.457 e. The Hall–Kier alpha value is -2.75. The van der Waals surface area contributed by atoms with Crippen LogP contribution in [0.15, 0.2) is 70.4 Å². The molecule has 116 valence electrons. The second-order valence-electron chi connectivity index (χ2n) is 5.36. The molecule has 2 aromatic rings. The lowest BCUT2D eigenvalue weighted by molar-refractivity contribution is -0.140. The Bertz CT molecular complexity index is 764. The van der Waals surface area contributed by atoms with Gasteiger partial charge in [-0.2, -0.15) is 10.2 Å². The molecule has 0 saturated carbocycles. The molecule has 0 unspecified atom stereocenters. The van der Waals surface area contributed by atoms with Crippen molar-refractivity contribution in [2.45, 2.75) is 26.4 Å². The first-order valence-electron chi connectivity index (χ1n) is 7.71. The second-order valence-corrected chi connectivity index (χ2v) is 5.36. The zero-order chi connectivity index (χ0) is 16.1. The van der Waals surface area contributed by atoms with E-state index in [1.807, 2.05) is 61.5 Å². The van der Waals surface area contributed by atoms with Gasteiger partial charge in [0.25, 0.3) is 0 Å². The van der Waals surface area contributed by atoms with E-state index in [1.165, 1.54) is 0 Å². The van der Waals surface area contributed by atoms with E-state index in [-0.39, 0.29) is 5.97 Å². The van der Waals surface area contributed by atoms with Gasteiger partial charge in [-0.15, -0.1) is 0 Å². The number of azo groups is 1. The van der Waals surface area contributed by atoms with E-state index in [0.29, 0.717) is 25.0 Å². The normalized spacial score (nSPS) is 12.5. The molecule has 0 spiro atoms. The van der Waals surface area contributed by atoms with Crippen LogP contribution in [0.2, 0.25) is 0 Å². The molecule has 3 rings (SSSR count). The average Bonchev–Trinajstić information content (AvgIpc) is 2.98. The van der Waals surface area contributed by atoms with Crippen LogP contribution in [0.5, 0.6) is 0 Å². The van der Waals surface area contributed by atoms with Gasteiger partial charge >= 0.3 is 5.97 Å². The van der Waals surface area contributed by atoms with E-state index in [9.17, 15) is 4.79 Å². The Kier molecular flexibility index (Phi) is 4.62. The highest BCUT2D eigenvalue weighted by Gasteiger charge is 2.11. The summed E-state index contributed by atoms with van der Waals surface area (Å²) in [6.45, 7) is 2.25. The fourth-order valence-corrected chi connectivity index (χ4v) is 2.41. The minimum absolute atomic E-state index is 0.258. The zero-order valence-corrected chi connectivity index (χ0v) is 13.0. The maximum Gasteiger partial charge on any atom is 0.334 e. The summed E-state index contributed by atoms with van der Waals surface area (Å²) in [4.78, 5) is 12.2. The van der Waals surface area contributed by atoms with Gasteiger partial charge in [0, 0.05) is 5.57 Å². The van der Waals surface area contributed by atoms with Crippen molar-refractivity contribution < 1.29 is 9.53 Å². The number of fused-ring (bicyclic) bond motifs is 2. The smallest absolute Gasteiger partial charge is 0.334 e. The number of benzene rings is 2. The third-order valence-corrected chi connectivity index (χ3v) is 3.77. The third-order valence-electron chi connectivity index (χ3n) is 3.77. The molecule has 0 fully saturated rings. The number of nitrogens with zero attached hydrogens (tertiary/aromatic N) is 2. The molecule has 0 atom stereocenters. The molecule has 0 radical (unpaired) electrons. The van der Waals surface area contributed by atoms with Crippen LogP contribution in [0.25, 0.3) is 0 Å². The van der Waals surface area contributed by atoms with Crippen LogP contribution in [-0.2, 0) is 22.6 Å². The number of carbonyl (C=O) groups is 1. The van der Waals surface area contributed by atoms with E-state index in [2.05, 4.69) is 10.2 Å². The van der Waals surface area contributed by atoms with Gasteiger partial charge in [-0.05, 0) is 36.1 Å². The zero-order valence-electron chi connectivity index (χ0n) is 13.0. The van der Waals surface area contributed by atoms with Crippen LogP contribution in [0.1, 0.15) is 24.5 Å². The molecule has 0 amide bonds. The van der Waals surface area contributed by atoms with Crippen LogP contribution in [-0.4, -0.2) is 5.97 Å². The number of rotatable bonds is 6. The fraction of sp³-hybridized carbons (Fsp3) is 0.211. The highest BCUT2D eigenvalue weighted by Crippen LogP contribution is 2.33. The van der Waals surface area contributed by atoms with Crippen LogP contribution in [0.3, 0.4) is 0 Å². The Balaban J connectivity index is 1.62. The topological polar surface area (TPSA) is 51.0 Å². The minimum Gasteiger partial charge on any atom is -0.457 e. The maximum absolute atomic E-state index is 12.2. The molecular weight excluding hydrogens is 288 g/mol. The molecule has 0 N–H and O–H groups in total. The van der Waals surface area contributed by atoms with Crippen LogP contribution in [0, 0.1) is 0 Å². The van der Waals surface area contributed by atoms with E-state index < -0.39 is 0 Å². The first kappa shape index (κ1) is 15.2. The van der Waals surface area contributed by atoms with E-state index in [1.54, 1.807) is 0 Å². The number of allylic oxidation sites excluding steroid dienone is 1. The number of carbonyl (C=O) groups excluding carboxylic acids is 1. The van der Waals surface area contributed by atoms with Crippen LogP contribution >= 0.6 is 0 Å². The predicted octanol–water partition coefficient (Wildman–Crippen LogP) is 5.04. The summed E-state index contributed by atoms with van der Waals surface area (Å²) < 4.78 is 5.39. The Morgan fingerprint density at radius 1 is 1.13 bits per heavy atom. The van der Waals surface area contributed by atoms with E-state index >= 15 is 0 Å². The van der Waals surface area contributed by atoms with Gasteiger partial charge in [0.05, 0.1) is 11.4 Å². The van der Waals surface area contributed by atoms with Crippen molar-refractivity contribution >= 4 is 17.3 Å². The standard InChI is InChI=1S/C19H18N2O2/c1-2-15(19(22)23-13-14-6-4-3-5-7-14)8-9-16-10-11-17-12-18(16)21-20-17/h3-8,10-12H,2,9,13H2,1H3/b15-8+. The minimum atomic E-state index is -0.258. The van der Waals surface area contributed by atoms with Crippen molar-refractivity contribution in [3.05, 3.63) is 71.3 Å². The SMILES string of the molecule is CC/C(=C\Cc1ccc2cc1N=N2)C(=O)OCc1ccccc1. The third kappa shape index (κ3) is 3.72. The summed E-state index contributed by atoms with van der Waals surface area (Å²) in [5.41, 5.74) is 4.50. The van der Waals surface area contributed by atoms with Crippen molar-refractivity contribution in [3.63, 3.8) is 0 Å². The molecule has 4 heteroatoms. The van der Waals surface area contributed by atoms with Crippen molar-refractivity contribution in [1.82, 2.24) is 0 Å². The number of hydrogen-bond donors (Lipinski definition) is 0. The second kappa shape index (κ2) is 7.01. The molecule has 23 heavy (non-hydrogen) atoms. The summed E-state index contributed by atoms with van der Waals surface area (Å²) in [5, 5.41) is 8.13. The van der Waals surface area contributed by atoms with Crippen molar-refractivity contribution in [2.75, 3.05) is 0 Å². The van der Waals surface area contributed by atoms with Crippen molar-refractivity contribution in [2.24, 2.45) is 10.2 Å².